The molecule has 1 N–H and O–H groups in total. The average Bonchev–Trinajstić information content (AvgIpc) is 2.40. The molecular weight excluding hydrogens is 258 g/mol. The Kier molecular flexibility index (Phi) is 4.83. The molecule has 2 aromatic rings. The van der Waals surface area contributed by atoms with E-state index in [4.69, 9.17) is 16.3 Å². The zero-order chi connectivity index (χ0) is 13.7. The molecule has 3 heteroatoms. The summed E-state index contributed by atoms with van der Waals surface area (Å²) in [4.78, 5) is 0. The average molecular weight is 276 g/mol. The third kappa shape index (κ3) is 3.72. The summed E-state index contributed by atoms with van der Waals surface area (Å²) in [6.45, 7) is 3.37. The molecule has 2 nitrogen and oxygen atoms in total. The van der Waals surface area contributed by atoms with E-state index < -0.39 is 0 Å². The van der Waals surface area contributed by atoms with Crippen molar-refractivity contribution in [1.29, 1.82) is 0 Å². The Morgan fingerprint density at radius 3 is 2.53 bits per heavy atom. The van der Waals surface area contributed by atoms with Gasteiger partial charge in [0.2, 0.25) is 0 Å². The fraction of sp³-hybridized carbons (Fsp3) is 0.250. The Morgan fingerprint density at radius 1 is 1.11 bits per heavy atom. The van der Waals surface area contributed by atoms with Crippen LogP contribution in [0.1, 0.15) is 16.7 Å². The first-order chi connectivity index (χ1) is 9.20. The van der Waals surface area contributed by atoms with E-state index in [2.05, 4.69) is 17.4 Å². The summed E-state index contributed by atoms with van der Waals surface area (Å²) in [5.74, 6) is 0.728. The van der Waals surface area contributed by atoms with Crippen molar-refractivity contribution in [2.75, 3.05) is 7.05 Å². The van der Waals surface area contributed by atoms with Crippen LogP contribution in [0, 0.1) is 6.92 Å². The van der Waals surface area contributed by atoms with Crippen molar-refractivity contribution in [2.24, 2.45) is 0 Å². The van der Waals surface area contributed by atoms with Gasteiger partial charge >= 0.3 is 0 Å². The Hall–Kier alpha value is -1.51. The van der Waals surface area contributed by atoms with Crippen molar-refractivity contribution in [1.82, 2.24) is 5.32 Å². The predicted molar refractivity (Wildman–Crippen MR) is 79.7 cm³/mol. The molecule has 0 unspecified atom stereocenters. The Morgan fingerprint density at radius 2 is 1.84 bits per heavy atom. The van der Waals surface area contributed by atoms with Gasteiger partial charge in [-0.25, -0.2) is 0 Å². The van der Waals surface area contributed by atoms with Crippen LogP contribution in [0.15, 0.2) is 42.5 Å². The number of benzene rings is 2. The maximum absolute atomic E-state index is 6.16. The third-order valence-electron chi connectivity index (χ3n) is 2.96. The van der Waals surface area contributed by atoms with Gasteiger partial charge in [0.05, 0.1) is 5.02 Å². The highest BCUT2D eigenvalue weighted by Gasteiger charge is 2.05. The molecular formula is C16H18ClNO. The van der Waals surface area contributed by atoms with Crippen LogP contribution < -0.4 is 10.1 Å². The smallest absolute Gasteiger partial charge is 0.138 e. The molecule has 0 radical (unpaired) electrons. The molecule has 2 rings (SSSR count). The van der Waals surface area contributed by atoms with Crippen LogP contribution in [0.25, 0.3) is 0 Å². The molecule has 0 aliphatic carbocycles. The number of hydrogen-bond donors (Lipinski definition) is 1. The maximum Gasteiger partial charge on any atom is 0.138 e. The van der Waals surface area contributed by atoms with Gasteiger partial charge in [-0.1, -0.05) is 41.9 Å². The molecule has 0 fully saturated rings. The van der Waals surface area contributed by atoms with Crippen molar-refractivity contribution in [3.8, 4) is 5.75 Å². The molecule has 0 saturated heterocycles. The first-order valence-electron chi connectivity index (χ1n) is 6.31. The van der Waals surface area contributed by atoms with E-state index in [9.17, 15) is 0 Å². The van der Waals surface area contributed by atoms with E-state index in [0.717, 1.165) is 17.9 Å². The quantitative estimate of drug-likeness (QED) is 0.892. The van der Waals surface area contributed by atoms with Crippen LogP contribution in [0.4, 0.5) is 0 Å². The molecule has 2 aromatic carbocycles. The topological polar surface area (TPSA) is 21.3 Å². The summed E-state index contributed by atoms with van der Waals surface area (Å²) in [7, 11) is 1.94. The first-order valence-corrected chi connectivity index (χ1v) is 6.69. The predicted octanol–water partition coefficient (Wildman–Crippen LogP) is 3.95. The lowest BCUT2D eigenvalue weighted by Gasteiger charge is -2.12. The van der Waals surface area contributed by atoms with E-state index in [0.29, 0.717) is 11.6 Å². The molecule has 0 aliphatic heterocycles. The second kappa shape index (κ2) is 6.60. The van der Waals surface area contributed by atoms with E-state index in [1.807, 2.05) is 44.3 Å². The van der Waals surface area contributed by atoms with Crippen molar-refractivity contribution < 1.29 is 4.74 Å². The van der Waals surface area contributed by atoms with Crippen LogP contribution in [0.3, 0.4) is 0 Å². The number of rotatable bonds is 5. The van der Waals surface area contributed by atoms with Gasteiger partial charge in [0.1, 0.15) is 12.4 Å². The number of nitrogens with one attached hydrogen (secondary N) is 1. The Bertz CT molecular complexity index is 554. The Labute approximate surface area is 119 Å². The van der Waals surface area contributed by atoms with Crippen LogP contribution in [0.2, 0.25) is 5.02 Å². The normalized spacial score (nSPS) is 10.5. The van der Waals surface area contributed by atoms with Gasteiger partial charge in [-0.15, -0.1) is 0 Å². The molecule has 0 atom stereocenters. The van der Waals surface area contributed by atoms with E-state index in [1.54, 1.807) is 0 Å². The molecule has 19 heavy (non-hydrogen) atoms. The van der Waals surface area contributed by atoms with Crippen molar-refractivity contribution in [3.63, 3.8) is 0 Å². The SMILES string of the molecule is CNCc1ccccc1COc1ccc(C)cc1Cl. The zero-order valence-corrected chi connectivity index (χ0v) is 12.0. The Balaban J connectivity index is 2.10. The lowest BCUT2D eigenvalue weighted by Crippen LogP contribution is -2.09. The van der Waals surface area contributed by atoms with Crippen molar-refractivity contribution >= 4 is 11.6 Å². The van der Waals surface area contributed by atoms with Crippen molar-refractivity contribution in [3.05, 3.63) is 64.2 Å². The summed E-state index contributed by atoms with van der Waals surface area (Å²) in [5.41, 5.74) is 3.55. The summed E-state index contributed by atoms with van der Waals surface area (Å²) < 4.78 is 5.81. The lowest BCUT2D eigenvalue weighted by atomic mass is 10.1. The van der Waals surface area contributed by atoms with Crippen LogP contribution in [-0.4, -0.2) is 7.05 Å². The second-order valence-corrected chi connectivity index (χ2v) is 4.93. The standard InChI is InChI=1S/C16H18ClNO/c1-12-7-8-16(15(17)9-12)19-11-14-6-4-3-5-13(14)10-18-2/h3-9,18H,10-11H2,1-2H3. The van der Waals surface area contributed by atoms with Gasteiger partial charge < -0.3 is 10.1 Å². The molecule has 0 amide bonds. The maximum atomic E-state index is 6.16. The van der Waals surface area contributed by atoms with Gasteiger partial charge in [0, 0.05) is 6.54 Å². The number of ether oxygens (including phenoxy) is 1. The molecule has 0 spiro atoms. The van der Waals surface area contributed by atoms with E-state index in [-0.39, 0.29) is 0 Å². The van der Waals surface area contributed by atoms with Crippen LogP contribution in [0.5, 0.6) is 5.75 Å². The van der Waals surface area contributed by atoms with Crippen LogP contribution >= 0.6 is 11.6 Å². The zero-order valence-electron chi connectivity index (χ0n) is 11.2. The minimum absolute atomic E-state index is 0.528. The van der Waals surface area contributed by atoms with Crippen LogP contribution in [-0.2, 0) is 13.2 Å². The first kappa shape index (κ1) is 13.9. The van der Waals surface area contributed by atoms with E-state index >= 15 is 0 Å². The highest BCUT2D eigenvalue weighted by molar-refractivity contribution is 6.32. The number of halogens is 1. The van der Waals surface area contributed by atoms with Gasteiger partial charge in [-0.3, -0.25) is 0 Å². The molecule has 100 valence electrons. The molecule has 0 heterocycles. The third-order valence-corrected chi connectivity index (χ3v) is 3.25. The lowest BCUT2D eigenvalue weighted by molar-refractivity contribution is 0.305. The van der Waals surface area contributed by atoms with E-state index in [1.165, 1.54) is 11.1 Å². The summed E-state index contributed by atoms with van der Waals surface area (Å²) >= 11 is 6.16. The number of aryl methyl sites for hydroxylation is 1. The minimum atomic E-state index is 0.528. The fourth-order valence-electron chi connectivity index (χ4n) is 1.94. The van der Waals surface area contributed by atoms with Gasteiger partial charge in [0.25, 0.3) is 0 Å². The molecule has 0 saturated carbocycles. The monoisotopic (exact) mass is 275 g/mol. The molecule has 0 aromatic heterocycles. The fourth-order valence-corrected chi connectivity index (χ4v) is 2.23. The molecule has 0 aliphatic rings. The van der Waals surface area contributed by atoms with Gasteiger partial charge in [-0.2, -0.15) is 0 Å². The summed E-state index contributed by atoms with van der Waals surface area (Å²) in [6.07, 6.45) is 0. The largest absolute Gasteiger partial charge is 0.487 e. The molecule has 0 bridgehead atoms. The highest BCUT2D eigenvalue weighted by Crippen LogP contribution is 2.26. The van der Waals surface area contributed by atoms with Gasteiger partial charge in [0.15, 0.2) is 0 Å². The van der Waals surface area contributed by atoms with Gasteiger partial charge in [-0.05, 0) is 42.8 Å². The number of hydrogen-bond acceptors (Lipinski definition) is 2. The summed E-state index contributed by atoms with van der Waals surface area (Å²) in [5, 5.41) is 3.82. The van der Waals surface area contributed by atoms with Crippen molar-refractivity contribution in [2.45, 2.75) is 20.1 Å². The minimum Gasteiger partial charge on any atom is -0.487 e. The highest BCUT2D eigenvalue weighted by atomic mass is 35.5. The summed E-state index contributed by atoms with van der Waals surface area (Å²) in [6, 6.07) is 14.1. The second-order valence-electron chi connectivity index (χ2n) is 4.52.